The van der Waals surface area contributed by atoms with Crippen LogP contribution in [0, 0.1) is 12.0 Å². The molecule has 1 aromatic rings. The molecule has 1 aromatic carbocycles. The predicted octanol–water partition coefficient (Wildman–Crippen LogP) is 3.61. The Hall–Kier alpha value is 0.0187. The minimum absolute atomic E-state index is 0. The van der Waals surface area contributed by atoms with Gasteiger partial charge in [-0.05, 0) is 12.0 Å². The minimum Gasteiger partial charge on any atom is -0.0776 e. The van der Waals surface area contributed by atoms with Crippen LogP contribution in [0.4, 0.5) is 0 Å². The molecule has 0 saturated heterocycles. The fourth-order valence-electron chi connectivity index (χ4n) is 0.342. The Labute approximate surface area is 95.8 Å². The van der Waals surface area contributed by atoms with Crippen molar-refractivity contribution in [2.45, 2.75) is 28.2 Å². The van der Waals surface area contributed by atoms with Crippen molar-refractivity contribution >= 4 is 23.9 Å². The van der Waals surface area contributed by atoms with Gasteiger partial charge in [-0.1, -0.05) is 58.5 Å². The van der Waals surface area contributed by atoms with Crippen LogP contribution < -0.4 is 0 Å². The fraction of sp³-hybridized carbons (Fsp3) is 0.364. The molecule has 0 aliphatic heterocycles. The smallest absolute Gasteiger partial charge is 0 e. The normalized spacial score (nSPS) is 7.00. The molecule has 1 heteroatoms. The summed E-state index contributed by atoms with van der Waals surface area (Å²) < 4.78 is 0. The van der Waals surface area contributed by atoms with Crippen molar-refractivity contribution in [3.8, 4) is 0 Å². The van der Waals surface area contributed by atoms with Crippen molar-refractivity contribution in [1.29, 1.82) is 0 Å². The standard InChI is InChI=1S/C6H5.C4H9.CH4.Sn.H2/c1-2-4-6-5-3-1;1-4(2)3;;;/h1-5H;1-3H3;1H4;;1H. The van der Waals surface area contributed by atoms with Gasteiger partial charge in [0, 0.05) is 25.3 Å². The maximum Gasteiger partial charge on any atom is 0 e. The Balaban J connectivity index is -0.0000000536. The summed E-state index contributed by atoms with van der Waals surface area (Å²) in [4.78, 5) is 0. The molecule has 0 unspecified atom stereocenters. The van der Waals surface area contributed by atoms with Gasteiger partial charge in [-0.15, -0.1) is 0 Å². The SMILES string of the molecule is C.C[C](C)C.[HH].[Sn].[c]1ccccc1. The molecule has 0 saturated carbocycles. The van der Waals surface area contributed by atoms with Crippen LogP contribution in [0.1, 0.15) is 29.6 Å². The molecular weight excluding hydrogens is 251 g/mol. The van der Waals surface area contributed by atoms with E-state index in [1.54, 1.807) is 0 Å². The molecule has 6 radical (unpaired) electrons. The summed E-state index contributed by atoms with van der Waals surface area (Å²) >= 11 is 0. The first-order chi connectivity index (χ1) is 4.73. The van der Waals surface area contributed by atoms with E-state index < -0.39 is 0 Å². The Morgan fingerprint density at radius 2 is 1.33 bits per heavy atom. The van der Waals surface area contributed by atoms with Crippen molar-refractivity contribution in [3.63, 3.8) is 0 Å². The maximum atomic E-state index is 2.89. The quantitative estimate of drug-likeness (QED) is 0.632. The van der Waals surface area contributed by atoms with Gasteiger partial charge >= 0.3 is 0 Å². The zero-order valence-electron chi connectivity index (χ0n) is 7.39. The second kappa shape index (κ2) is 13.6. The molecule has 68 valence electrons. The van der Waals surface area contributed by atoms with Gasteiger partial charge in [-0.3, -0.25) is 0 Å². The molecule has 0 N–H and O–H groups in total. The molecule has 0 aromatic heterocycles. The van der Waals surface area contributed by atoms with Gasteiger partial charge in [-0.2, -0.15) is 0 Å². The third-order valence-corrected chi connectivity index (χ3v) is 0.607. The molecule has 0 spiro atoms. The van der Waals surface area contributed by atoms with E-state index in [0.29, 0.717) is 0 Å². The van der Waals surface area contributed by atoms with Crippen LogP contribution in [0.25, 0.3) is 0 Å². The number of rotatable bonds is 0. The average molecular weight is 271 g/mol. The zero-order valence-corrected chi connectivity index (χ0v) is 10.2. The fourth-order valence-corrected chi connectivity index (χ4v) is 0.342. The molecular formula is C11H20Sn. The van der Waals surface area contributed by atoms with Gasteiger partial charge in [0.15, 0.2) is 0 Å². The molecule has 12 heavy (non-hydrogen) atoms. The van der Waals surface area contributed by atoms with Crippen LogP contribution in [0.15, 0.2) is 30.3 Å². The van der Waals surface area contributed by atoms with Gasteiger partial charge in [0.25, 0.3) is 0 Å². The van der Waals surface area contributed by atoms with Crippen molar-refractivity contribution in [1.82, 2.24) is 0 Å². The van der Waals surface area contributed by atoms with Gasteiger partial charge in [0.05, 0.1) is 0 Å². The summed E-state index contributed by atoms with van der Waals surface area (Å²) in [5, 5.41) is 0. The minimum atomic E-state index is 0. The van der Waals surface area contributed by atoms with E-state index in [1.807, 2.05) is 30.3 Å². The van der Waals surface area contributed by atoms with E-state index in [0.717, 1.165) is 0 Å². The average Bonchev–Trinajstić information content (AvgIpc) is 1.90. The van der Waals surface area contributed by atoms with Gasteiger partial charge < -0.3 is 0 Å². The molecule has 0 amide bonds. The van der Waals surface area contributed by atoms with E-state index in [1.165, 1.54) is 5.92 Å². The number of hydrogen-bond donors (Lipinski definition) is 0. The predicted molar refractivity (Wildman–Crippen MR) is 60.1 cm³/mol. The van der Waals surface area contributed by atoms with Gasteiger partial charge in [0.2, 0.25) is 0 Å². The van der Waals surface area contributed by atoms with Crippen LogP contribution in [0.2, 0.25) is 0 Å². The molecule has 1 rings (SSSR count). The Bertz CT molecular complexity index is 111. The molecule has 0 nitrogen and oxygen atoms in total. The summed E-state index contributed by atoms with van der Waals surface area (Å²) in [6, 6.07) is 12.5. The van der Waals surface area contributed by atoms with Crippen LogP contribution in [-0.2, 0) is 0 Å². The maximum absolute atomic E-state index is 2.89. The van der Waals surface area contributed by atoms with E-state index in [9.17, 15) is 0 Å². The second-order valence-electron chi connectivity index (χ2n) is 2.58. The Morgan fingerprint density at radius 3 is 1.42 bits per heavy atom. The van der Waals surface area contributed by atoms with Crippen molar-refractivity contribution in [2.24, 2.45) is 0 Å². The topological polar surface area (TPSA) is 0 Å². The van der Waals surface area contributed by atoms with Crippen molar-refractivity contribution < 1.29 is 1.43 Å². The molecule has 0 bridgehead atoms. The summed E-state index contributed by atoms with van der Waals surface area (Å²) in [5.74, 6) is 1.42. The third kappa shape index (κ3) is 22.5. The van der Waals surface area contributed by atoms with Crippen LogP contribution in [0.5, 0.6) is 0 Å². The molecule has 0 atom stereocenters. The number of benzene rings is 1. The van der Waals surface area contributed by atoms with Gasteiger partial charge in [0.1, 0.15) is 0 Å². The summed E-state index contributed by atoms with van der Waals surface area (Å²) in [5.41, 5.74) is 0. The van der Waals surface area contributed by atoms with E-state index >= 15 is 0 Å². The van der Waals surface area contributed by atoms with E-state index in [4.69, 9.17) is 0 Å². The Morgan fingerprint density at radius 1 is 1.00 bits per heavy atom. The van der Waals surface area contributed by atoms with Crippen LogP contribution in [0.3, 0.4) is 0 Å². The molecule has 0 aliphatic rings. The van der Waals surface area contributed by atoms with Crippen molar-refractivity contribution in [2.75, 3.05) is 0 Å². The van der Waals surface area contributed by atoms with E-state index in [2.05, 4.69) is 26.8 Å². The first-order valence-corrected chi connectivity index (χ1v) is 3.41. The van der Waals surface area contributed by atoms with Gasteiger partial charge in [-0.25, -0.2) is 0 Å². The largest absolute Gasteiger partial charge is 0.0776 e. The van der Waals surface area contributed by atoms with Crippen LogP contribution in [-0.4, -0.2) is 23.9 Å². The van der Waals surface area contributed by atoms with Crippen LogP contribution >= 0.6 is 0 Å². The summed E-state index contributed by atoms with van der Waals surface area (Å²) in [7, 11) is 0. The van der Waals surface area contributed by atoms with Crippen molar-refractivity contribution in [3.05, 3.63) is 42.3 Å². The molecule has 0 fully saturated rings. The zero-order chi connectivity index (χ0) is 7.82. The first kappa shape index (κ1) is 17.9. The molecule has 0 aliphatic carbocycles. The monoisotopic (exact) mass is 272 g/mol. The summed E-state index contributed by atoms with van der Waals surface area (Å²) in [6.45, 7) is 6.25. The third-order valence-electron chi connectivity index (χ3n) is 0.607. The second-order valence-corrected chi connectivity index (χ2v) is 2.58. The summed E-state index contributed by atoms with van der Waals surface area (Å²) in [6.07, 6.45) is 0. The first-order valence-electron chi connectivity index (χ1n) is 3.41. The Kier molecular flexibility index (Phi) is 20.3. The number of hydrogen-bond acceptors (Lipinski definition) is 0. The van der Waals surface area contributed by atoms with E-state index in [-0.39, 0.29) is 32.8 Å². The molecule has 0 heterocycles.